The number of nitrogens with one attached hydrogen (secondary N) is 1. The number of hydrogen-bond acceptors (Lipinski definition) is 3. The first kappa shape index (κ1) is 43.7. The highest BCUT2D eigenvalue weighted by atomic mass is 15.3. The van der Waals surface area contributed by atoms with Gasteiger partial charge in [0.25, 0.3) is 0 Å². The zero-order valence-electron chi connectivity index (χ0n) is 40.2. The average Bonchev–Trinajstić information content (AvgIpc) is 3.68. The van der Waals surface area contributed by atoms with Gasteiger partial charge >= 0.3 is 0 Å². The average molecular weight is 846 g/mol. The molecule has 1 N–H and O–H groups in total. The van der Waals surface area contributed by atoms with Gasteiger partial charge in [0, 0.05) is 48.8 Å². The predicted molar refractivity (Wildman–Crippen MR) is 261 cm³/mol. The highest BCUT2D eigenvalue weighted by molar-refractivity contribution is 5.17. The molecule has 6 saturated carbocycles. The van der Waals surface area contributed by atoms with Gasteiger partial charge in [-0.25, -0.2) is 0 Å². The summed E-state index contributed by atoms with van der Waals surface area (Å²) in [5.41, 5.74) is 1.89. The fourth-order valence-corrected chi connectivity index (χ4v) is 19.0. The third-order valence-corrected chi connectivity index (χ3v) is 22.2. The number of hydrogen-bond donors (Lipinski definition) is 1. The Morgan fingerprint density at radius 2 is 1.10 bits per heavy atom. The Labute approximate surface area is 382 Å². The predicted octanol–water partition coefficient (Wildman–Crippen LogP) is 14.6. The fraction of sp³-hybridized carbons (Fsp3) is 0.898. The van der Waals surface area contributed by atoms with Gasteiger partial charge in [0.1, 0.15) is 0 Å². The van der Waals surface area contributed by atoms with Crippen LogP contribution in [0.4, 0.5) is 0 Å². The minimum Gasteiger partial charge on any atom is -0.311 e. The second-order valence-corrected chi connectivity index (χ2v) is 25.1. The highest BCUT2D eigenvalue weighted by Crippen LogP contribution is 2.56. The number of likely N-dealkylation sites (tertiary alicyclic amines) is 1. The first-order valence-corrected chi connectivity index (χ1v) is 28.9. The summed E-state index contributed by atoms with van der Waals surface area (Å²) in [7, 11) is 0. The normalized spacial score (nSPS) is 47.3. The molecule has 0 amide bonds. The monoisotopic (exact) mass is 846 g/mol. The van der Waals surface area contributed by atoms with Gasteiger partial charge in [-0.1, -0.05) is 107 Å². The zero-order chi connectivity index (χ0) is 41.4. The Bertz CT molecular complexity index is 1520. The van der Waals surface area contributed by atoms with E-state index in [1.807, 2.05) is 5.57 Å². The Morgan fingerprint density at radius 3 is 1.84 bits per heavy atom. The van der Waals surface area contributed by atoms with E-state index in [1.165, 1.54) is 148 Å². The summed E-state index contributed by atoms with van der Waals surface area (Å²) in [4.78, 5) is 6.45. The van der Waals surface area contributed by atoms with Gasteiger partial charge in [-0.15, -0.1) is 0 Å². The van der Waals surface area contributed by atoms with Crippen molar-refractivity contribution >= 4 is 0 Å². The molecule has 62 heavy (non-hydrogen) atoms. The molecule has 14 unspecified atom stereocenters. The van der Waals surface area contributed by atoms with Crippen LogP contribution in [-0.4, -0.2) is 58.6 Å². The van der Waals surface area contributed by atoms with Crippen LogP contribution < -0.4 is 5.32 Å². The molecule has 0 radical (unpaired) electrons. The number of piperidine rings is 1. The van der Waals surface area contributed by atoms with Crippen LogP contribution >= 0.6 is 0 Å². The van der Waals surface area contributed by atoms with Crippen LogP contribution in [0.1, 0.15) is 219 Å². The van der Waals surface area contributed by atoms with E-state index < -0.39 is 0 Å². The Hall–Kier alpha value is -0.900. The first-order valence-electron chi connectivity index (χ1n) is 28.9. The molecule has 11 rings (SSSR count). The van der Waals surface area contributed by atoms with Crippen LogP contribution in [0.5, 0.6) is 0 Å². The van der Waals surface area contributed by atoms with E-state index in [0.717, 1.165) is 107 Å². The summed E-state index contributed by atoms with van der Waals surface area (Å²) < 4.78 is 0. The second-order valence-electron chi connectivity index (χ2n) is 25.1. The maximum atomic E-state index is 4.37. The van der Waals surface area contributed by atoms with E-state index >= 15 is 0 Å². The quantitative estimate of drug-likeness (QED) is 0.258. The maximum absolute atomic E-state index is 4.37. The molecule has 11 aliphatic rings. The number of fused-ring (bicyclic) bond motifs is 4. The van der Waals surface area contributed by atoms with Gasteiger partial charge in [-0.3, -0.25) is 9.80 Å². The van der Waals surface area contributed by atoms with Gasteiger partial charge < -0.3 is 5.32 Å². The fourth-order valence-electron chi connectivity index (χ4n) is 19.0. The molecule has 3 nitrogen and oxygen atoms in total. The number of rotatable bonds is 7. The van der Waals surface area contributed by atoms with E-state index in [4.69, 9.17) is 0 Å². The second kappa shape index (κ2) is 20.1. The summed E-state index contributed by atoms with van der Waals surface area (Å²) in [6.07, 6.45) is 62.1. The number of nitrogens with zero attached hydrogens (tertiary/aromatic N) is 2. The van der Waals surface area contributed by atoms with Gasteiger partial charge in [0.05, 0.1) is 0 Å². The number of allylic oxidation sites excluding steroid dienone is 4. The molecule has 3 heteroatoms. The molecule has 2 saturated heterocycles. The topological polar surface area (TPSA) is 18.5 Å². The van der Waals surface area contributed by atoms with Crippen LogP contribution in [0.15, 0.2) is 36.0 Å². The van der Waals surface area contributed by atoms with E-state index in [0.29, 0.717) is 0 Å². The minimum atomic E-state index is 0.739. The van der Waals surface area contributed by atoms with Crippen LogP contribution in [0.3, 0.4) is 0 Å². The largest absolute Gasteiger partial charge is 0.311 e. The van der Waals surface area contributed by atoms with Gasteiger partial charge in [0.2, 0.25) is 0 Å². The van der Waals surface area contributed by atoms with Gasteiger partial charge in [-0.05, 0) is 213 Å². The van der Waals surface area contributed by atoms with Crippen LogP contribution in [0, 0.1) is 65.1 Å². The third-order valence-electron chi connectivity index (χ3n) is 22.2. The van der Waals surface area contributed by atoms with Crippen molar-refractivity contribution in [1.29, 1.82) is 0 Å². The summed E-state index contributed by atoms with van der Waals surface area (Å²) in [6.45, 7) is 3.89. The molecule has 0 aromatic heterocycles. The summed E-state index contributed by atoms with van der Waals surface area (Å²) >= 11 is 0. The first-order chi connectivity index (χ1) is 30.6. The van der Waals surface area contributed by atoms with Crippen LogP contribution in [0.2, 0.25) is 0 Å². The van der Waals surface area contributed by atoms with Crippen molar-refractivity contribution in [2.24, 2.45) is 65.1 Å². The van der Waals surface area contributed by atoms with Crippen molar-refractivity contribution in [2.75, 3.05) is 6.54 Å². The van der Waals surface area contributed by atoms with Crippen molar-refractivity contribution in [3.63, 3.8) is 0 Å². The Morgan fingerprint density at radius 1 is 0.452 bits per heavy atom. The Kier molecular flexibility index (Phi) is 14.2. The van der Waals surface area contributed by atoms with E-state index in [2.05, 4.69) is 52.4 Å². The molecular weight excluding hydrogens is 751 g/mol. The highest BCUT2D eigenvalue weighted by Gasteiger charge is 2.54. The van der Waals surface area contributed by atoms with Gasteiger partial charge in [-0.2, -0.15) is 0 Å². The lowest BCUT2D eigenvalue weighted by atomic mass is 9.61. The summed E-state index contributed by atoms with van der Waals surface area (Å²) in [5.74, 6) is 10.6. The molecule has 3 heterocycles. The van der Waals surface area contributed by atoms with Crippen LogP contribution in [-0.2, 0) is 0 Å². The third kappa shape index (κ3) is 9.22. The SMILES string of the molecule is CC1C/C=C\CN(C2CC=C(C3CC(C4CC=CCC4)NC(C4CCCCC4)C3)CC2)C2CCC(C3CCC4C(C3)C3CCCCC3N4C3CCC(C4CCCCC4)CC3)CC12. The molecule has 8 fully saturated rings. The molecule has 3 aliphatic heterocycles. The van der Waals surface area contributed by atoms with E-state index in [1.54, 1.807) is 70.6 Å². The molecule has 0 spiro atoms. The van der Waals surface area contributed by atoms with E-state index in [9.17, 15) is 0 Å². The molecule has 14 atom stereocenters. The molecular formula is C59H95N3. The standard InChI is InChI=1S/C59H95N3/c1-41-15-13-14-36-61(50-30-24-44(25-31-50)49-39-55(45-18-7-3-8-19-45)60-56(40-49)46-20-9-4-10-21-46)57-34-28-47(37-53(41)57)48-29-35-59-54(38-48)52-22-11-12-23-58(52)62(59)51-32-26-43(27-33-51)42-16-5-2-6-17-42/h3,7,13-14,24,41-43,45-60H,2,4-6,8-12,15-23,25-40H2,1H3/b14-13-. The minimum absolute atomic E-state index is 0.739. The maximum Gasteiger partial charge on any atom is 0.0169 e. The van der Waals surface area contributed by atoms with E-state index in [-0.39, 0.29) is 0 Å². The molecule has 0 aromatic rings. The molecule has 0 bridgehead atoms. The Balaban J connectivity index is 0.734. The van der Waals surface area contributed by atoms with Crippen molar-refractivity contribution in [1.82, 2.24) is 15.1 Å². The van der Waals surface area contributed by atoms with Crippen molar-refractivity contribution in [3.05, 3.63) is 36.0 Å². The van der Waals surface area contributed by atoms with Crippen molar-refractivity contribution in [2.45, 2.75) is 261 Å². The van der Waals surface area contributed by atoms with Crippen LogP contribution in [0.25, 0.3) is 0 Å². The lowest BCUT2D eigenvalue weighted by Crippen LogP contribution is -2.53. The lowest BCUT2D eigenvalue weighted by molar-refractivity contribution is -0.00174. The smallest absolute Gasteiger partial charge is 0.0169 e. The molecule has 0 aromatic carbocycles. The summed E-state index contributed by atoms with van der Waals surface area (Å²) in [6, 6.07) is 5.89. The zero-order valence-corrected chi connectivity index (χ0v) is 40.2. The molecule has 8 aliphatic carbocycles. The molecule has 346 valence electrons. The van der Waals surface area contributed by atoms with Crippen molar-refractivity contribution < 1.29 is 0 Å². The summed E-state index contributed by atoms with van der Waals surface area (Å²) in [5, 5.41) is 4.37. The lowest BCUT2D eigenvalue weighted by Gasteiger charge is -2.51. The van der Waals surface area contributed by atoms with Gasteiger partial charge in [0.15, 0.2) is 0 Å². The van der Waals surface area contributed by atoms with Crippen molar-refractivity contribution in [3.8, 4) is 0 Å².